The molecule has 1 unspecified atom stereocenters. The average molecular weight is 402 g/mol. The van der Waals surface area contributed by atoms with Crippen LogP contribution < -0.4 is 10.4 Å². The predicted octanol–water partition coefficient (Wildman–Crippen LogP) is 5.46. The molecule has 1 aromatic rings. The fraction of sp³-hybridized carbons (Fsp3) is 0.481. The van der Waals surface area contributed by atoms with Gasteiger partial charge in [-0.15, -0.1) is 0 Å². The highest BCUT2D eigenvalue weighted by Gasteiger charge is 2.17. The van der Waals surface area contributed by atoms with Gasteiger partial charge in [0.05, 0.1) is 0 Å². The summed E-state index contributed by atoms with van der Waals surface area (Å²) in [6.07, 6.45) is 12.3. The third-order valence-electron chi connectivity index (χ3n) is 5.90. The highest BCUT2D eigenvalue weighted by molar-refractivity contribution is 5.79. The molecule has 0 radical (unpaired) electrons. The first-order valence-electron chi connectivity index (χ1n) is 11.2. The zero-order valence-electron chi connectivity index (χ0n) is 19.3. The lowest BCUT2D eigenvalue weighted by Crippen LogP contribution is -2.25. The van der Waals surface area contributed by atoms with Gasteiger partial charge in [0, 0.05) is 24.2 Å². The zero-order valence-corrected chi connectivity index (χ0v) is 19.3. The second-order valence-electron chi connectivity index (χ2n) is 8.47. The Balaban J connectivity index is 2.36. The fourth-order valence-electron chi connectivity index (χ4n) is 4.48. The maximum absolute atomic E-state index is 9.14. The molecular weight excluding hydrogens is 366 g/mol. The second kappa shape index (κ2) is 11.4. The summed E-state index contributed by atoms with van der Waals surface area (Å²) in [5.41, 5.74) is 5.03. The van der Waals surface area contributed by atoms with Crippen molar-refractivity contribution < 1.29 is 0 Å². The Morgan fingerprint density at radius 3 is 2.13 bits per heavy atom. The van der Waals surface area contributed by atoms with E-state index in [0.29, 0.717) is 5.22 Å². The molecule has 158 valence electrons. The summed E-state index contributed by atoms with van der Waals surface area (Å²) in [5.74, 6) is 0.739. The molecule has 0 saturated carbocycles. The van der Waals surface area contributed by atoms with Gasteiger partial charge in [-0.1, -0.05) is 51.7 Å². The van der Waals surface area contributed by atoms with Crippen LogP contribution in [0.25, 0.3) is 11.1 Å². The van der Waals surface area contributed by atoms with Crippen molar-refractivity contribution in [1.82, 2.24) is 4.90 Å². The molecule has 0 fully saturated rings. The van der Waals surface area contributed by atoms with Gasteiger partial charge in [0.15, 0.2) is 0 Å². The van der Waals surface area contributed by atoms with Crippen LogP contribution in [0, 0.1) is 35.5 Å². The monoisotopic (exact) mass is 401 g/mol. The van der Waals surface area contributed by atoms with Gasteiger partial charge in [-0.3, -0.25) is 0 Å². The van der Waals surface area contributed by atoms with Crippen LogP contribution in [0.3, 0.4) is 0 Å². The first kappa shape index (κ1) is 23.5. The van der Waals surface area contributed by atoms with Crippen molar-refractivity contribution in [1.29, 1.82) is 10.5 Å². The molecule has 0 aliphatic carbocycles. The molecule has 3 heteroatoms. The summed E-state index contributed by atoms with van der Waals surface area (Å²) in [7, 11) is 0. The van der Waals surface area contributed by atoms with Gasteiger partial charge in [-0.2, -0.15) is 10.5 Å². The van der Waals surface area contributed by atoms with Crippen LogP contribution >= 0.6 is 0 Å². The highest BCUT2D eigenvalue weighted by atomic mass is 15.1. The number of aryl methyl sites for hydroxylation is 1. The molecule has 1 atom stereocenters. The number of nitrogens with zero attached hydrogens (tertiary/aromatic N) is 3. The van der Waals surface area contributed by atoms with Crippen LogP contribution in [0.5, 0.6) is 0 Å². The molecule has 3 nitrogen and oxygen atoms in total. The number of nitriles is 2. The normalized spacial score (nSPS) is 14.5. The molecule has 0 saturated heterocycles. The fourth-order valence-corrected chi connectivity index (χ4v) is 4.48. The SMILES string of the molecule is CCCCCC(CCC)CN1C=C(C)C(=c2ccc(=C(C#N)C#N)cc2C)C(C)=C1. The van der Waals surface area contributed by atoms with Crippen LogP contribution in [-0.4, -0.2) is 11.4 Å². The zero-order chi connectivity index (χ0) is 22.1. The second-order valence-corrected chi connectivity index (χ2v) is 8.47. The molecule has 0 bridgehead atoms. The van der Waals surface area contributed by atoms with E-state index in [1.807, 2.05) is 30.3 Å². The Hall–Kier alpha value is -2.78. The van der Waals surface area contributed by atoms with Crippen molar-refractivity contribution in [2.45, 2.75) is 73.1 Å². The lowest BCUT2D eigenvalue weighted by Gasteiger charge is -2.29. The number of hydrogen-bond donors (Lipinski definition) is 0. The first-order valence-corrected chi connectivity index (χ1v) is 11.2. The quantitative estimate of drug-likeness (QED) is 0.543. The molecule has 0 aromatic heterocycles. The van der Waals surface area contributed by atoms with Crippen molar-refractivity contribution in [3.8, 4) is 12.1 Å². The molecule has 0 amide bonds. The van der Waals surface area contributed by atoms with Crippen molar-refractivity contribution in [3.05, 3.63) is 57.7 Å². The van der Waals surface area contributed by atoms with E-state index in [2.05, 4.69) is 51.9 Å². The Morgan fingerprint density at radius 1 is 0.933 bits per heavy atom. The number of allylic oxidation sites excluding steroid dienone is 2. The Morgan fingerprint density at radius 2 is 1.60 bits per heavy atom. The van der Waals surface area contributed by atoms with Gasteiger partial charge in [0.1, 0.15) is 17.7 Å². The number of unbranched alkanes of at least 4 members (excludes halogenated alkanes) is 2. The molecule has 1 aliphatic rings. The summed E-state index contributed by atoms with van der Waals surface area (Å²) < 4.78 is 0. The molecule has 0 N–H and O–H groups in total. The van der Waals surface area contributed by atoms with E-state index in [1.54, 1.807) is 0 Å². The van der Waals surface area contributed by atoms with Gasteiger partial charge in [0.2, 0.25) is 0 Å². The van der Waals surface area contributed by atoms with Crippen LogP contribution in [0.4, 0.5) is 0 Å². The third-order valence-corrected chi connectivity index (χ3v) is 5.90. The van der Waals surface area contributed by atoms with Crippen LogP contribution in [0.15, 0.2) is 41.7 Å². The van der Waals surface area contributed by atoms with Crippen LogP contribution in [-0.2, 0) is 0 Å². The van der Waals surface area contributed by atoms with Crippen molar-refractivity contribution in [2.75, 3.05) is 6.54 Å². The van der Waals surface area contributed by atoms with E-state index in [4.69, 9.17) is 10.5 Å². The molecule has 30 heavy (non-hydrogen) atoms. The summed E-state index contributed by atoms with van der Waals surface area (Å²) in [4.78, 5) is 2.38. The standard InChI is InChI=1S/C27H35N3/c1-6-8-9-11-23(10-7-2)19-30-17-21(4)27(22(5)18-30)26-13-12-24(14-20(26)3)25(15-28)16-29/h12-14,17-18,23H,6-11,19H2,1-5H3. The minimum absolute atomic E-state index is 0.161. The smallest absolute Gasteiger partial charge is 0.136 e. The van der Waals surface area contributed by atoms with Crippen LogP contribution in [0.1, 0.15) is 71.8 Å². The maximum Gasteiger partial charge on any atom is 0.136 e. The largest absolute Gasteiger partial charge is 0.353 e. The number of hydrogen-bond acceptors (Lipinski definition) is 3. The first-order chi connectivity index (χ1) is 14.4. The lowest BCUT2D eigenvalue weighted by molar-refractivity contribution is 0.331. The number of benzene rings is 1. The average Bonchev–Trinajstić information content (AvgIpc) is 2.70. The summed E-state index contributed by atoms with van der Waals surface area (Å²) in [6.45, 7) is 12.0. The van der Waals surface area contributed by atoms with Crippen molar-refractivity contribution >= 4 is 11.1 Å². The maximum atomic E-state index is 9.14. The van der Waals surface area contributed by atoms with Gasteiger partial charge < -0.3 is 4.90 Å². The van der Waals surface area contributed by atoms with Gasteiger partial charge >= 0.3 is 0 Å². The van der Waals surface area contributed by atoms with Crippen molar-refractivity contribution in [2.24, 2.45) is 5.92 Å². The van der Waals surface area contributed by atoms with E-state index < -0.39 is 0 Å². The van der Waals surface area contributed by atoms with Gasteiger partial charge in [-0.05, 0) is 73.1 Å². The Labute approximate surface area is 182 Å². The minimum atomic E-state index is 0.161. The third kappa shape index (κ3) is 5.87. The molecule has 1 heterocycles. The van der Waals surface area contributed by atoms with Crippen LogP contribution in [0.2, 0.25) is 0 Å². The molecule has 1 aromatic carbocycles. The van der Waals surface area contributed by atoms with Gasteiger partial charge in [0.25, 0.3) is 0 Å². The molecule has 2 rings (SSSR count). The lowest BCUT2D eigenvalue weighted by atomic mass is 9.92. The Kier molecular flexibility index (Phi) is 8.94. The van der Waals surface area contributed by atoms with E-state index in [-0.39, 0.29) is 5.57 Å². The molecule has 0 spiro atoms. The highest BCUT2D eigenvalue weighted by Crippen LogP contribution is 2.27. The molecule has 1 aliphatic heterocycles. The topological polar surface area (TPSA) is 50.8 Å². The summed E-state index contributed by atoms with van der Waals surface area (Å²) >= 11 is 0. The summed E-state index contributed by atoms with van der Waals surface area (Å²) in [5, 5.41) is 20.1. The van der Waals surface area contributed by atoms with E-state index in [0.717, 1.165) is 18.0 Å². The molecular formula is C27H35N3. The van der Waals surface area contributed by atoms with E-state index in [9.17, 15) is 0 Å². The minimum Gasteiger partial charge on any atom is -0.353 e. The van der Waals surface area contributed by atoms with Crippen molar-refractivity contribution in [3.63, 3.8) is 0 Å². The van der Waals surface area contributed by atoms with E-state index in [1.165, 1.54) is 60.5 Å². The number of rotatable bonds is 8. The summed E-state index contributed by atoms with van der Waals surface area (Å²) in [6, 6.07) is 9.84. The van der Waals surface area contributed by atoms with E-state index >= 15 is 0 Å². The predicted molar refractivity (Wildman–Crippen MR) is 125 cm³/mol. The Bertz CT molecular complexity index is 974. The van der Waals surface area contributed by atoms with Gasteiger partial charge in [-0.25, -0.2) is 0 Å².